The predicted octanol–water partition coefficient (Wildman–Crippen LogP) is 1.85. The summed E-state index contributed by atoms with van der Waals surface area (Å²) in [5.41, 5.74) is 3.19. The Morgan fingerprint density at radius 1 is 0.929 bits per heavy atom. The maximum atomic E-state index is 11.9. The molecule has 1 aliphatic rings. The zero-order valence-corrected chi connectivity index (χ0v) is 16.2. The van der Waals surface area contributed by atoms with Gasteiger partial charge in [-0.05, 0) is 48.2 Å². The zero-order chi connectivity index (χ0) is 19.9. The van der Waals surface area contributed by atoms with E-state index >= 15 is 0 Å². The number of amides is 2. The number of rotatable bonds is 7. The topological polar surface area (TPSA) is 79.9 Å². The molecule has 0 atom stereocenters. The third-order valence-electron chi connectivity index (χ3n) is 4.48. The zero-order valence-electron chi connectivity index (χ0n) is 16.2. The Hall–Kier alpha value is -3.22. The predicted molar refractivity (Wildman–Crippen MR) is 107 cm³/mol. The fourth-order valence-corrected chi connectivity index (χ4v) is 2.85. The summed E-state index contributed by atoms with van der Waals surface area (Å²) in [7, 11) is 4.00. The van der Waals surface area contributed by atoms with E-state index in [4.69, 9.17) is 9.47 Å². The van der Waals surface area contributed by atoms with Crippen LogP contribution in [0, 0.1) is 0 Å². The molecule has 1 aliphatic heterocycles. The lowest BCUT2D eigenvalue weighted by Crippen LogP contribution is -2.40. The number of ether oxygens (including phenoxy) is 2. The van der Waals surface area contributed by atoms with Gasteiger partial charge in [0, 0.05) is 32.9 Å². The molecule has 2 aromatic carbocycles. The van der Waals surface area contributed by atoms with E-state index in [2.05, 4.69) is 34.9 Å². The molecule has 0 saturated carbocycles. The summed E-state index contributed by atoms with van der Waals surface area (Å²) in [4.78, 5) is 25.9. The van der Waals surface area contributed by atoms with E-state index in [1.54, 1.807) is 12.1 Å². The molecule has 148 valence electrons. The van der Waals surface area contributed by atoms with Crippen LogP contribution in [0.25, 0.3) is 0 Å². The molecule has 28 heavy (non-hydrogen) atoms. The molecule has 0 unspecified atom stereocenters. The van der Waals surface area contributed by atoms with Gasteiger partial charge < -0.3 is 25.0 Å². The third-order valence-corrected chi connectivity index (χ3v) is 4.48. The fraction of sp³-hybridized carbons (Fsp3) is 0.333. The summed E-state index contributed by atoms with van der Waals surface area (Å²) in [5.74, 6) is 0.0655. The van der Waals surface area contributed by atoms with Gasteiger partial charge in [-0.25, -0.2) is 0 Å². The molecular weight excluding hydrogens is 358 g/mol. The van der Waals surface area contributed by atoms with Gasteiger partial charge in [0.05, 0.1) is 0 Å². The maximum Gasteiger partial charge on any atom is 0.309 e. The maximum absolute atomic E-state index is 11.9. The summed E-state index contributed by atoms with van der Waals surface area (Å²) >= 11 is 0. The molecule has 0 aromatic heterocycles. The molecule has 0 radical (unpaired) electrons. The Balaban J connectivity index is 1.35. The number of carbonyl (C=O) groups is 2. The van der Waals surface area contributed by atoms with Crippen molar-refractivity contribution in [2.75, 3.05) is 32.3 Å². The van der Waals surface area contributed by atoms with Gasteiger partial charge >= 0.3 is 11.8 Å². The van der Waals surface area contributed by atoms with Crippen molar-refractivity contribution in [1.29, 1.82) is 0 Å². The molecule has 0 saturated heterocycles. The summed E-state index contributed by atoms with van der Waals surface area (Å²) in [6.07, 6.45) is 1.61. The van der Waals surface area contributed by atoms with Crippen molar-refractivity contribution < 1.29 is 19.1 Å². The molecule has 2 N–H and O–H groups in total. The number of aryl methyl sites for hydroxylation is 1. The number of fused-ring (bicyclic) bond motifs is 1. The van der Waals surface area contributed by atoms with Crippen LogP contribution in [0.1, 0.15) is 17.5 Å². The summed E-state index contributed by atoms with van der Waals surface area (Å²) in [5, 5.41) is 5.27. The molecule has 0 bridgehead atoms. The number of benzene rings is 2. The first-order chi connectivity index (χ1) is 13.5. The van der Waals surface area contributed by atoms with Crippen LogP contribution in [-0.4, -0.2) is 39.2 Å². The van der Waals surface area contributed by atoms with Crippen molar-refractivity contribution in [3.05, 3.63) is 53.6 Å². The van der Waals surface area contributed by atoms with Crippen LogP contribution < -0.4 is 25.0 Å². The van der Waals surface area contributed by atoms with Gasteiger partial charge in [0.25, 0.3) is 0 Å². The highest BCUT2D eigenvalue weighted by atomic mass is 16.7. The Kier molecular flexibility index (Phi) is 6.37. The largest absolute Gasteiger partial charge is 0.454 e. The number of anilines is 1. The fourth-order valence-electron chi connectivity index (χ4n) is 2.85. The van der Waals surface area contributed by atoms with Gasteiger partial charge in [0.1, 0.15) is 0 Å². The van der Waals surface area contributed by atoms with Crippen molar-refractivity contribution in [3.63, 3.8) is 0 Å². The second kappa shape index (κ2) is 9.12. The normalized spacial score (nSPS) is 11.8. The van der Waals surface area contributed by atoms with Crippen LogP contribution in [0.3, 0.4) is 0 Å². The van der Waals surface area contributed by atoms with Crippen LogP contribution in [0.5, 0.6) is 11.5 Å². The summed E-state index contributed by atoms with van der Waals surface area (Å²) < 4.78 is 10.5. The SMILES string of the molecule is CN(C)c1ccc(CCCNC(=O)C(=O)NCc2ccc3c(c2)OCO3)cc1. The second-order valence-corrected chi connectivity index (χ2v) is 6.79. The van der Waals surface area contributed by atoms with Crippen molar-refractivity contribution in [1.82, 2.24) is 10.6 Å². The standard InChI is InChI=1S/C21H25N3O4/c1-24(2)17-8-5-15(6-9-17)4-3-11-22-20(25)21(26)23-13-16-7-10-18-19(12-16)28-14-27-18/h5-10,12H,3-4,11,13-14H2,1-2H3,(H,22,25)(H,23,26). The highest BCUT2D eigenvalue weighted by Crippen LogP contribution is 2.32. The van der Waals surface area contributed by atoms with E-state index in [9.17, 15) is 9.59 Å². The highest BCUT2D eigenvalue weighted by molar-refractivity contribution is 6.35. The van der Waals surface area contributed by atoms with Crippen molar-refractivity contribution in [2.45, 2.75) is 19.4 Å². The smallest absolute Gasteiger partial charge is 0.309 e. The van der Waals surface area contributed by atoms with E-state index in [0.717, 1.165) is 24.1 Å². The Labute approximate surface area is 164 Å². The lowest BCUT2D eigenvalue weighted by Gasteiger charge is -2.12. The van der Waals surface area contributed by atoms with Crippen LogP contribution in [0.2, 0.25) is 0 Å². The lowest BCUT2D eigenvalue weighted by molar-refractivity contribution is -0.139. The molecule has 0 fully saturated rings. The number of carbonyl (C=O) groups excluding carboxylic acids is 2. The van der Waals surface area contributed by atoms with Crippen molar-refractivity contribution in [2.24, 2.45) is 0 Å². The molecule has 1 heterocycles. The van der Waals surface area contributed by atoms with E-state index in [0.29, 0.717) is 18.0 Å². The average Bonchev–Trinajstić information content (AvgIpc) is 3.17. The van der Waals surface area contributed by atoms with E-state index < -0.39 is 11.8 Å². The van der Waals surface area contributed by atoms with Gasteiger partial charge in [-0.2, -0.15) is 0 Å². The van der Waals surface area contributed by atoms with Gasteiger partial charge in [-0.1, -0.05) is 18.2 Å². The molecule has 7 nitrogen and oxygen atoms in total. The van der Waals surface area contributed by atoms with E-state index in [1.165, 1.54) is 5.56 Å². The molecule has 2 amide bonds. The summed E-state index contributed by atoms with van der Waals surface area (Å²) in [6, 6.07) is 13.7. The second-order valence-electron chi connectivity index (χ2n) is 6.79. The molecule has 2 aromatic rings. The molecule has 3 rings (SSSR count). The molecule has 0 spiro atoms. The Bertz CT molecular complexity index is 834. The lowest BCUT2D eigenvalue weighted by atomic mass is 10.1. The van der Waals surface area contributed by atoms with Crippen LogP contribution in [0.15, 0.2) is 42.5 Å². The Morgan fingerprint density at radius 2 is 1.61 bits per heavy atom. The van der Waals surface area contributed by atoms with Gasteiger partial charge in [0.15, 0.2) is 11.5 Å². The summed E-state index contributed by atoms with van der Waals surface area (Å²) in [6.45, 7) is 0.903. The number of hydrogen-bond donors (Lipinski definition) is 2. The third kappa shape index (κ3) is 5.16. The van der Waals surface area contributed by atoms with Crippen LogP contribution in [0.4, 0.5) is 5.69 Å². The van der Waals surface area contributed by atoms with Crippen LogP contribution >= 0.6 is 0 Å². The van der Waals surface area contributed by atoms with Gasteiger partial charge in [-0.15, -0.1) is 0 Å². The molecular formula is C21H25N3O4. The molecule has 0 aliphatic carbocycles. The van der Waals surface area contributed by atoms with E-state index in [-0.39, 0.29) is 13.3 Å². The molecule has 7 heteroatoms. The first kappa shape index (κ1) is 19.5. The number of hydrogen-bond acceptors (Lipinski definition) is 5. The van der Waals surface area contributed by atoms with Gasteiger partial charge in [0.2, 0.25) is 6.79 Å². The number of nitrogens with one attached hydrogen (secondary N) is 2. The van der Waals surface area contributed by atoms with Crippen molar-refractivity contribution >= 4 is 17.5 Å². The number of nitrogens with zero attached hydrogens (tertiary/aromatic N) is 1. The van der Waals surface area contributed by atoms with E-state index in [1.807, 2.05) is 25.1 Å². The van der Waals surface area contributed by atoms with Crippen LogP contribution in [-0.2, 0) is 22.6 Å². The van der Waals surface area contributed by atoms with Gasteiger partial charge in [-0.3, -0.25) is 9.59 Å². The first-order valence-electron chi connectivity index (χ1n) is 9.24. The van der Waals surface area contributed by atoms with Crippen molar-refractivity contribution in [3.8, 4) is 11.5 Å². The quantitative estimate of drug-likeness (QED) is 0.563. The monoisotopic (exact) mass is 383 g/mol. The highest BCUT2D eigenvalue weighted by Gasteiger charge is 2.15. The Morgan fingerprint density at radius 3 is 2.36 bits per heavy atom. The minimum Gasteiger partial charge on any atom is -0.454 e. The first-order valence-corrected chi connectivity index (χ1v) is 9.24. The minimum atomic E-state index is -0.645. The average molecular weight is 383 g/mol. The minimum absolute atomic E-state index is 0.202.